The third kappa shape index (κ3) is 1.50. The van der Waals surface area contributed by atoms with Crippen molar-refractivity contribution in [2.24, 2.45) is 0 Å². The van der Waals surface area contributed by atoms with Crippen molar-refractivity contribution in [2.45, 2.75) is 0 Å². The van der Waals surface area contributed by atoms with Gasteiger partial charge in [0.1, 0.15) is 4.88 Å². The van der Waals surface area contributed by atoms with E-state index in [1.807, 2.05) is 36.4 Å². The Balaban J connectivity index is 2.18. The molecule has 2 aromatic carbocycles. The summed E-state index contributed by atoms with van der Waals surface area (Å²) in [5.41, 5.74) is 3.16. The van der Waals surface area contributed by atoms with E-state index >= 15 is 0 Å². The summed E-state index contributed by atoms with van der Waals surface area (Å²) >= 11 is 0. The second-order valence-corrected chi connectivity index (χ2v) is 6.38. The molecule has 0 fully saturated rings. The topological polar surface area (TPSA) is 26.9 Å². The van der Waals surface area contributed by atoms with Crippen LogP contribution in [0, 0.1) is 5.21 Å². The van der Waals surface area contributed by atoms with E-state index in [-0.39, 0.29) is 0 Å². The standard InChI is InChI=1S/C15H9NOS2/c17-16-14-12-9-5-4-8-11(12)13(15(14)18-19-16)10-6-2-1-3-7-10/h1-9H. The van der Waals surface area contributed by atoms with Gasteiger partial charge in [-0.2, -0.15) is 0 Å². The highest BCUT2D eigenvalue weighted by Crippen LogP contribution is 2.46. The average molecular weight is 283 g/mol. The van der Waals surface area contributed by atoms with Crippen LogP contribution in [0.5, 0.6) is 0 Å². The molecule has 1 aliphatic carbocycles. The van der Waals surface area contributed by atoms with Crippen molar-refractivity contribution in [1.82, 2.24) is 0 Å². The number of nitrogens with zero attached hydrogens (tertiary/aromatic N) is 1. The molecule has 0 saturated carbocycles. The summed E-state index contributed by atoms with van der Waals surface area (Å²) in [6.45, 7) is 0. The van der Waals surface area contributed by atoms with E-state index in [4.69, 9.17) is 0 Å². The van der Waals surface area contributed by atoms with Crippen molar-refractivity contribution in [3.05, 3.63) is 59.8 Å². The van der Waals surface area contributed by atoms with Gasteiger partial charge in [0.15, 0.2) is 0 Å². The summed E-state index contributed by atoms with van der Waals surface area (Å²) in [7, 11) is 2.80. The van der Waals surface area contributed by atoms with Gasteiger partial charge < -0.3 is 5.21 Å². The summed E-state index contributed by atoms with van der Waals surface area (Å²) in [6.07, 6.45) is 0. The van der Waals surface area contributed by atoms with Crippen LogP contribution in [-0.4, -0.2) is 0 Å². The summed E-state index contributed by atoms with van der Waals surface area (Å²) in [4.78, 5) is 1.09. The maximum absolute atomic E-state index is 12.0. The van der Waals surface area contributed by atoms with Crippen LogP contribution in [0.25, 0.3) is 32.5 Å². The third-order valence-corrected chi connectivity index (χ3v) is 5.41. The minimum atomic E-state index is 0.810. The van der Waals surface area contributed by atoms with Gasteiger partial charge >= 0.3 is 0 Å². The molecule has 0 N–H and O–H groups in total. The number of hydrogen-bond acceptors (Lipinski definition) is 3. The second kappa shape index (κ2) is 4.05. The van der Waals surface area contributed by atoms with Crippen molar-refractivity contribution in [1.29, 1.82) is 0 Å². The van der Waals surface area contributed by atoms with Crippen molar-refractivity contribution in [3.63, 3.8) is 0 Å². The zero-order valence-corrected chi connectivity index (χ0v) is 11.5. The highest BCUT2D eigenvalue weighted by molar-refractivity contribution is 7.67. The molecule has 0 aromatic heterocycles. The molecule has 92 valence electrons. The molecule has 19 heavy (non-hydrogen) atoms. The van der Waals surface area contributed by atoms with Gasteiger partial charge in [0.2, 0.25) is 10.5 Å². The molecule has 2 aromatic rings. The first-order valence-electron chi connectivity index (χ1n) is 5.95. The van der Waals surface area contributed by atoms with Gasteiger partial charge in [-0.1, -0.05) is 52.7 Å². The molecule has 4 rings (SSSR count). The lowest BCUT2D eigenvalue weighted by molar-refractivity contribution is -0.515. The van der Waals surface area contributed by atoms with Crippen LogP contribution in [0.15, 0.2) is 54.6 Å². The molecule has 0 saturated heterocycles. The van der Waals surface area contributed by atoms with E-state index in [0.29, 0.717) is 0 Å². The molecule has 0 spiro atoms. The summed E-state index contributed by atoms with van der Waals surface area (Å²) in [6, 6.07) is 18.4. The molecule has 0 amide bonds. The van der Waals surface area contributed by atoms with Crippen LogP contribution in [0.3, 0.4) is 0 Å². The largest absolute Gasteiger partial charge is 0.605 e. The minimum absolute atomic E-state index is 0.810. The van der Waals surface area contributed by atoms with Gasteiger partial charge in [-0.3, -0.25) is 0 Å². The Kier molecular flexibility index (Phi) is 2.33. The van der Waals surface area contributed by atoms with Gasteiger partial charge in [0, 0.05) is 5.56 Å². The lowest BCUT2D eigenvalue weighted by atomic mass is 10.1. The first-order chi connectivity index (χ1) is 9.36. The molecule has 2 nitrogen and oxygen atoms in total. The second-order valence-electron chi connectivity index (χ2n) is 4.38. The van der Waals surface area contributed by atoms with Crippen LogP contribution in [-0.2, 0) is 0 Å². The molecular weight excluding hydrogens is 274 g/mol. The highest BCUT2D eigenvalue weighted by Gasteiger charge is 2.28. The number of fused-ring (bicyclic) bond motifs is 3. The van der Waals surface area contributed by atoms with E-state index in [9.17, 15) is 5.21 Å². The lowest BCUT2D eigenvalue weighted by Crippen LogP contribution is -2.20. The Bertz CT molecular complexity index is 832. The lowest BCUT2D eigenvalue weighted by Gasteiger charge is -1.99. The zero-order chi connectivity index (χ0) is 12.8. The predicted molar refractivity (Wildman–Crippen MR) is 80.7 cm³/mol. The van der Waals surface area contributed by atoms with Crippen molar-refractivity contribution < 1.29 is 4.12 Å². The van der Waals surface area contributed by atoms with Crippen molar-refractivity contribution in [2.75, 3.05) is 0 Å². The van der Waals surface area contributed by atoms with Gasteiger partial charge in [-0.15, -0.1) is 0 Å². The molecule has 1 aliphatic heterocycles. The fourth-order valence-electron chi connectivity index (χ4n) is 2.53. The molecule has 1 heterocycles. The monoisotopic (exact) mass is 283 g/mol. The van der Waals surface area contributed by atoms with E-state index in [1.165, 1.54) is 21.7 Å². The van der Waals surface area contributed by atoms with Gasteiger partial charge in [-0.05, 0) is 27.4 Å². The Morgan fingerprint density at radius 1 is 0.842 bits per heavy atom. The maximum atomic E-state index is 12.0. The van der Waals surface area contributed by atoms with E-state index in [1.54, 1.807) is 10.3 Å². The minimum Gasteiger partial charge on any atom is -0.605 e. The van der Waals surface area contributed by atoms with Crippen molar-refractivity contribution >= 4 is 31.6 Å². The summed E-state index contributed by atoms with van der Waals surface area (Å²) in [5, 5.41) is 14.2. The smallest absolute Gasteiger partial charge is 0.258 e. The van der Waals surface area contributed by atoms with Crippen molar-refractivity contribution in [3.8, 4) is 21.7 Å². The quantitative estimate of drug-likeness (QED) is 0.289. The number of aromatic nitrogens is 1. The Morgan fingerprint density at radius 2 is 1.53 bits per heavy atom. The SMILES string of the molecule is [O-][n+]1ssc2c(-c3ccccc3)c3ccccc3c1-2. The predicted octanol–water partition coefficient (Wildman–Crippen LogP) is 4.37. The van der Waals surface area contributed by atoms with Gasteiger partial charge in [-0.25, -0.2) is 0 Å². The highest BCUT2D eigenvalue weighted by atomic mass is 32.9. The fourth-order valence-corrected chi connectivity index (χ4v) is 4.72. The number of hydrogen-bond donors (Lipinski definition) is 0. The maximum Gasteiger partial charge on any atom is 0.258 e. The summed E-state index contributed by atoms with van der Waals surface area (Å²) in [5.74, 6) is 0. The summed E-state index contributed by atoms with van der Waals surface area (Å²) < 4.78 is 1.02. The molecule has 0 unspecified atom stereocenters. The molecule has 2 aliphatic rings. The van der Waals surface area contributed by atoms with E-state index < -0.39 is 0 Å². The first kappa shape index (κ1) is 11.0. The van der Waals surface area contributed by atoms with Gasteiger partial charge in [0.25, 0.3) is 5.69 Å². The average Bonchev–Trinajstić information content (AvgIpc) is 2.98. The normalized spacial score (nSPS) is 11.4. The van der Waals surface area contributed by atoms with Crippen LogP contribution < -0.4 is 4.12 Å². The zero-order valence-electron chi connectivity index (χ0n) is 9.87. The first-order valence-corrected chi connectivity index (χ1v) is 8.05. The van der Waals surface area contributed by atoms with Crippen LogP contribution >= 0.6 is 20.9 Å². The number of benzene rings is 2. The Hall–Kier alpha value is -1.91. The Morgan fingerprint density at radius 3 is 2.32 bits per heavy atom. The molecule has 4 heteroatoms. The number of rotatable bonds is 1. The third-order valence-electron chi connectivity index (χ3n) is 3.33. The molecule has 0 bridgehead atoms. The fraction of sp³-hybridized carbons (Fsp3) is 0. The van der Waals surface area contributed by atoms with E-state index in [2.05, 4.69) is 18.2 Å². The molecule has 0 atom stereocenters. The van der Waals surface area contributed by atoms with Crippen LogP contribution in [0.1, 0.15) is 0 Å². The Labute approximate surface area is 117 Å². The molecule has 0 radical (unpaired) electrons. The molecular formula is C15H9NOS2. The van der Waals surface area contributed by atoms with Crippen LogP contribution in [0.2, 0.25) is 0 Å². The van der Waals surface area contributed by atoms with Crippen LogP contribution in [0.4, 0.5) is 0 Å². The van der Waals surface area contributed by atoms with Gasteiger partial charge in [0.05, 0.1) is 5.39 Å². The van der Waals surface area contributed by atoms with E-state index in [0.717, 1.165) is 25.5 Å².